The predicted molar refractivity (Wildman–Crippen MR) is 79.5 cm³/mol. The summed E-state index contributed by atoms with van der Waals surface area (Å²) in [4.78, 5) is 0. The second-order valence-electron chi connectivity index (χ2n) is 3.95. The maximum absolute atomic E-state index is 9.75. The maximum Gasteiger partial charge on any atom is 0.673 e. The molecule has 0 atom stereocenters. The van der Waals surface area contributed by atoms with Gasteiger partial charge in [0, 0.05) is 10.4 Å². The molecular formula is C10H7B3ClF12-3. The fourth-order valence-corrected chi connectivity index (χ4v) is 1.43. The Kier molecular flexibility index (Phi) is 11.4. The lowest BCUT2D eigenvalue weighted by atomic mass is 10.1. The Bertz CT molecular complexity index is 588. The lowest BCUT2D eigenvalue weighted by Crippen LogP contribution is -2.02. The molecule has 0 aliphatic heterocycles. The fourth-order valence-electron chi connectivity index (χ4n) is 1.19. The number of halogens is 13. The van der Waals surface area contributed by atoms with Crippen molar-refractivity contribution in [3.05, 3.63) is 47.5 Å². The molecule has 2 aromatic carbocycles. The molecule has 26 heavy (non-hydrogen) atoms. The highest BCUT2D eigenvalue weighted by molar-refractivity contribution is 6.50. The van der Waals surface area contributed by atoms with Crippen LogP contribution in [-0.2, 0) is 0 Å². The first-order chi connectivity index (χ1) is 11.4. The number of hydrogen-bond acceptors (Lipinski definition) is 0. The lowest BCUT2D eigenvalue weighted by Gasteiger charge is -1.97. The molecule has 2 rings (SSSR count). The summed E-state index contributed by atoms with van der Waals surface area (Å²) in [5.41, 5.74) is 0. The Balaban J connectivity index is 0. The second-order valence-corrected chi connectivity index (χ2v) is 4.35. The molecule has 0 aromatic heterocycles. The minimum atomic E-state index is -6.00. The van der Waals surface area contributed by atoms with E-state index < -0.39 is 21.8 Å². The van der Waals surface area contributed by atoms with Gasteiger partial charge in [0.05, 0.1) is 0 Å². The highest BCUT2D eigenvalue weighted by Gasteiger charge is 2.21. The molecular weight excluding hydrogens is 416 g/mol. The van der Waals surface area contributed by atoms with Crippen molar-refractivity contribution in [1.82, 2.24) is 0 Å². The van der Waals surface area contributed by atoms with Crippen LogP contribution in [0.5, 0.6) is 0 Å². The molecule has 0 amide bonds. The van der Waals surface area contributed by atoms with Crippen LogP contribution in [0.25, 0.3) is 10.8 Å². The normalized spacial score (nSPS) is 11.3. The van der Waals surface area contributed by atoms with E-state index in [1.165, 1.54) is 5.39 Å². The van der Waals surface area contributed by atoms with Gasteiger partial charge in [-0.05, 0) is 11.5 Å². The van der Waals surface area contributed by atoms with Crippen molar-refractivity contribution < 1.29 is 51.8 Å². The zero-order valence-corrected chi connectivity index (χ0v) is 12.9. The van der Waals surface area contributed by atoms with Gasteiger partial charge in [-0.3, -0.25) is 0 Å². The van der Waals surface area contributed by atoms with Gasteiger partial charge in [-0.2, -0.15) is 0 Å². The van der Waals surface area contributed by atoms with Crippen LogP contribution in [0.1, 0.15) is 0 Å². The summed E-state index contributed by atoms with van der Waals surface area (Å²) in [6.07, 6.45) is 0. The van der Waals surface area contributed by atoms with Gasteiger partial charge in [-0.25, -0.2) is 0 Å². The van der Waals surface area contributed by atoms with Crippen LogP contribution in [0.15, 0.2) is 42.5 Å². The largest absolute Gasteiger partial charge is 0.673 e. The zero-order chi connectivity index (χ0) is 21.2. The van der Waals surface area contributed by atoms with E-state index in [0.717, 1.165) is 10.4 Å². The van der Waals surface area contributed by atoms with E-state index in [1.54, 1.807) is 0 Å². The Morgan fingerprint density at radius 2 is 0.808 bits per heavy atom. The van der Waals surface area contributed by atoms with Crippen molar-refractivity contribution in [2.24, 2.45) is 0 Å². The van der Waals surface area contributed by atoms with Crippen molar-refractivity contribution in [3.8, 4) is 0 Å². The van der Waals surface area contributed by atoms with Crippen LogP contribution in [0, 0.1) is 0 Å². The molecule has 0 aliphatic carbocycles. The highest BCUT2D eigenvalue weighted by Crippen LogP contribution is 2.22. The van der Waals surface area contributed by atoms with Gasteiger partial charge in [0.1, 0.15) is 0 Å². The number of hydrogen-bond donors (Lipinski definition) is 0. The third kappa shape index (κ3) is 27.2. The van der Waals surface area contributed by atoms with Crippen LogP contribution in [0.4, 0.5) is 51.8 Å². The number of rotatable bonds is 0. The molecule has 150 valence electrons. The molecule has 0 bridgehead atoms. The summed E-state index contributed by atoms with van der Waals surface area (Å²) in [6.45, 7) is 0. The first-order valence-electron chi connectivity index (χ1n) is 6.13. The third-order valence-corrected chi connectivity index (χ3v) is 2.07. The Morgan fingerprint density at radius 1 is 0.500 bits per heavy atom. The molecule has 0 spiro atoms. The molecule has 0 fully saturated rings. The Morgan fingerprint density at radius 3 is 1.15 bits per heavy atom. The average Bonchev–Trinajstić information content (AvgIpc) is 2.33. The third-order valence-electron chi connectivity index (χ3n) is 1.74. The summed E-state index contributed by atoms with van der Waals surface area (Å²) in [6, 6.07) is 14.0. The minimum Gasteiger partial charge on any atom is -0.418 e. The molecule has 0 saturated carbocycles. The standard InChI is InChI=1S/C10H7Cl.3BF4/c11-10-7-3-5-8-4-1-2-6-9(8)10;3*2-1(3,4)5/h1-7H;;;/q;3*-1. The van der Waals surface area contributed by atoms with E-state index in [0.29, 0.717) is 0 Å². The van der Waals surface area contributed by atoms with Gasteiger partial charge in [0.25, 0.3) is 0 Å². The van der Waals surface area contributed by atoms with Crippen molar-refractivity contribution >= 4 is 44.1 Å². The quantitative estimate of drug-likeness (QED) is 0.306. The van der Waals surface area contributed by atoms with E-state index in [1.807, 2.05) is 30.3 Å². The molecule has 0 saturated heterocycles. The van der Waals surface area contributed by atoms with Crippen molar-refractivity contribution in [2.45, 2.75) is 0 Å². The number of fused-ring (bicyclic) bond motifs is 1. The van der Waals surface area contributed by atoms with E-state index in [-0.39, 0.29) is 0 Å². The van der Waals surface area contributed by atoms with Crippen molar-refractivity contribution in [3.63, 3.8) is 0 Å². The monoisotopic (exact) mass is 423 g/mol. The molecule has 0 heterocycles. The molecule has 0 N–H and O–H groups in total. The van der Waals surface area contributed by atoms with Crippen LogP contribution in [-0.4, -0.2) is 21.8 Å². The van der Waals surface area contributed by atoms with Gasteiger partial charge < -0.3 is 51.8 Å². The minimum absolute atomic E-state index is 0.822. The van der Waals surface area contributed by atoms with Gasteiger partial charge in [0.2, 0.25) is 0 Å². The van der Waals surface area contributed by atoms with E-state index in [4.69, 9.17) is 11.6 Å². The van der Waals surface area contributed by atoms with Crippen molar-refractivity contribution in [2.75, 3.05) is 0 Å². The Labute approximate surface area is 144 Å². The van der Waals surface area contributed by atoms with Crippen molar-refractivity contribution in [1.29, 1.82) is 0 Å². The summed E-state index contributed by atoms with van der Waals surface area (Å²) >= 11 is 5.96. The molecule has 2 aromatic rings. The fraction of sp³-hybridized carbons (Fsp3) is 0. The highest BCUT2D eigenvalue weighted by atomic mass is 35.5. The molecule has 0 radical (unpaired) electrons. The average molecular weight is 423 g/mol. The molecule has 0 nitrogen and oxygen atoms in total. The summed E-state index contributed by atoms with van der Waals surface area (Å²) in [5.74, 6) is 0. The van der Waals surface area contributed by atoms with E-state index in [2.05, 4.69) is 12.1 Å². The van der Waals surface area contributed by atoms with Crippen LogP contribution < -0.4 is 0 Å². The molecule has 0 unspecified atom stereocenters. The topological polar surface area (TPSA) is 0 Å². The molecule has 16 heteroatoms. The maximum atomic E-state index is 9.75. The van der Waals surface area contributed by atoms with E-state index in [9.17, 15) is 51.8 Å². The van der Waals surface area contributed by atoms with Crippen LogP contribution in [0.2, 0.25) is 5.02 Å². The summed E-state index contributed by atoms with van der Waals surface area (Å²) < 4.78 is 117. The van der Waals surface area contributed by atoms with Gasteiger partial charge in [-0.15, -0.1) is 0 Å². The molecule has 0 aliphatic rings. The number of benzene rings is 2. The Hall–Kier alpha value is -1.66. The van der Waals surface area contributed by atoms with E-state index >= 15 is 0 Å². The van der Waals surface area contributed by atoms with Gasteiger partial charge in [0.15, 0.2) is 0 Å². The van der Waals surface area contributed by atoms with Gasteiger partial charge in [-0.1, -0.05) is 48.0 Å². The van der Waals surface area contributed by atoms with Crippen LogP contribution >= 0.6 is 11.6 Å². The SMILES string of the molecule is Clc1cccc2ccccc12.F[B-](F)(F)F.F[B-](F)(F)F.F[B-](F)(F)F. The van der Waals surface area contributed by atoms with Crippen LogP contribution in [0.3, 0.4) is 0 Å². The second kappa shape index (κ2) is 11.1. The van der Waals surface area contributed by atoms with Gasteiger partial charge >= 0.3 is 21.8 Å². The first kappa shape index (κ1) is 26.6. The first-order valence-corrected chi connectivity index (χ1v) is 6.51. The predicted octanol–water partition coefficient (Wildman–Crippen LogP) is 7.39. The lowest BCUT2D eigenvalue weighted by molar-refractivity contribution is 0.366. The zero-order valence-electron chi connectivity index (χ0n) is 12.2. The summed E-state index contributed by atoms with van der Waals surface area (Å²) in [5, 5.41) is 3.14. The summed E-state index contributed by atoms with van der Waals surface area (Å²) in [7, 11) is -18.0. The smallest absolute Gasteiger partial charge is 0.418 e.